The van der Waals surface area contributed by atoms with E-state index in [1.807, 2.05) is 0 Å². The van der Waals surface area contributed by atoms with Crippen molar-refractivity contribution >= 4 is 35.0 Å². The van der Waals surface area contributed by atoms with Crippen molar-refractivity contribution in [2.24, 2.45) is 0 Å². The summed E-state index contributed by atoms with van der Waals surface area (Å²) in [4.78, 5) is 52.8. The molecular formula is C28H34N4O6. The van der Waals surface area contributed by atoms with E-state index in [4.69, 9.17) is 9.47 Å². The highest BCUT2D eigenvalue weighted by Gasteiger charge is 2.40. The highest BCUT2D eigenvalue weighted by molar-refractivity contribution is 6.23. The zero-order chi connectivity index (χ0) is 27.1. The summed E-state index contributed by atoms with van der Waals surface area (Å²) in [5, 5.41) is 6.42. The normalized spacial score (nSPS) is 19.5. The zero-order valence-corrected chi connectivity index (χ0v) is 21.8. The Kier molecular flexibility index (Phi) is 9.09. The Hall–Kier alpha value is -3.76. The van der Waals surface area contributed by atoms with Crippen LogP contribution >= 0.6 is 0 Å². The average Bonchev–Trinajstić information content (AvgIpc) is 3.38. The molecule has 4 rings (SSSR count). The lowest BCUT2D eigenvalue weighted by molar-refractivity contribution is -0.123. The smallest absolute Gasteiger partial charge is 0.251 e. The van der Waals surface area contributed by atoms with Gasteiger partial charge in [-0.1, -0.05) is 12.8 Å². The molecule has 10 heteroatoms. The van der Waals surface area contributed by atoms with Gasteiger partial charge in [0.05, 0.1) is 50.5 Å². The van der Waals surface area contributed by atoms with Crippen LogP contribution in [0, 0.1) is 0 Å². The number of nitrogens with zero attached hydrogens (tertiary/aromatic N) is 2. The molecule has 38 heavy (non-hydrogen) atoms. The Morgan fingerprint density at radius 2 is 1.00 bits per heavy atom. The molecule has 2 aromatic carbocycles. The quantitative estimate of drug-likeness (QED) is 0.304. The van der Waals surface area contributed by atoms with E-state index in [9.17, 15) is 19.2 Å². The van der Waals surface area contributed by atoms with Gasteiger partial charge in [-0.2, -0.15) is 0 Å². The summed E-state index contributed by atoms with van der Waals surface area (Å²) in [6.07, 6.45) is 3.93. The number of hydrogen-bond acceptors (Lipinski definition) is 8. The fourth-order valence-electron chi connectivity index (χ4n) is 4.74. The first-order valence-electron chi connectivity index (χ1n) is 12.9. The number of rotatable bonds is 13. The largest absolute Gasteiger partial charge is 0.497 e. The third-order valence-corrected chi connectivity index (χ3v) is 6.84. The van der Waals surface area contributed by atoms with Gasteiger partial charge in [0.15, 0.2) is 0 Å². The Bertz CT molecular complexity index is 1060. The molecule has 0 aliphatic carbocycles. The molecule has 2 unspecified atom stereocenters. The third-order valence-electron chi connectivity index (χ3n) is 6.84. The van der Waals surface area contributed by atoms with Crippen molar-refractivity contribution in [2.75, 3.05) is 37.1 Å². The van der Waals surface area contributed by atoms with Crippen molar-refractivity contribution in [1.82, 2.24) is 10.6 Å². The lowest BCUT2D eigenvalue weighted by atomic mass is 10.1. The van der Waals surface area contributed by atoms with Gasteiger partial charge in [-0.15, -0.1) is 0 Å². The molecule has 0 aromatic heterocycles. The summed E-state index contributed by atoms with van der Waals surface area (Å²) in [6.45, 7) is 1.28. The summed E-state index contributed by atoms with van der Waals surface area (Å²) in [5.41, 5.74) is 1.10. The van der Waals surface area contributed by atoms with Crippen molar-refractivity contribution in [3.05, 3.63) is 48.5 Å². The van der Waals surface area contributed by atoms with Gasteiger partial charge in [0.25, 0.3) is 11.8 Å². The van der Waals surface area contributed by atoms with Gasteiger partial charge in [-0.05, 0) is 74.5 Å². The van der Waals surface area contributed by atoms with Crippen LogP contribution in [0.5, 0.6) is 11.5 Å². The maximum absolute atomic E-state index is 12.7. The predicted molar refractivity (Wildman–Crippen MR) is 142 cm³/mol. The summed E-state index contributed by atoms with van der Waals surface area (Å²) in [5.74, 6) is 0.435. The fourth-order valence-corrected chi connectivity index (χ4v) is 4.74. The van der Waals surface area contributed by atoms with Crippen molar-refractivity contribution < 1.29 is 28.7 Å². The van der Waals surface area contributed by atoms with Crippen LogP contribution in [-0.2, 0) is 19.2 Å². The zero-order valence-electron chi connectivity index (χ0n) is 21.8. The SMILES string of the molecule is COc1ccc(N2C(=O)CC(NCCCCCCNC3CC(=O)N(c4ccc(OC)cc4)C3=O)C2=O)cc1. The molecule has 2 heterocycles. The van der Waals surface area contributed by atoms with Crippen molar-refractivity contribution in [3.63, 3.8) is 0 Å². The number of methoxy groups -OCH3 is 2. The number of anilines is 2. The topological polar surface area (TPSA) is 117 Å². The molecule has 0 bridgehead atoms. The first-order valence-corrected chi connectivity index (χ1v) is 12.9. The van der Waals surface area contributed by atoms with Gasteiger partial charge in [0.2, 0.25) is 11.8 Å². The molecule has 2 atom stereocenters. The van der Waals surface area contributed by atoms with Crippen LogP contribution in [0.3, 0.4) is 0 Å². The van der Waals surface area contributed by atoms with E-state index in [0.717, 1.165) is 25.7 Å². The second-order valence-corrected chi connectivity index (χ2v) is 9.37. The number of amides is 4. The minimum absolute atomic E-state index is 0.149. The highest BCUT2D eigenvalue weighted by atomic mass is 16.5. The number of unbranched alkanes of at least 4 members (excludes halogenated alkanes) is 3. The Morgan fingerprint density at radius 3 is 1.34 bits per heavy atom. The summed E-state index contributed by atoms with van der Waals surface area (Å²) in [6, 6.07) is 12.7. The number of carbonyl (C=O) groups is 4. The molecule has 0 radical (unpaired) electrons. The maximum Gasteiger partial charge on any atom is 0.251 e. The van der Waals surface area contributed by atoms with Crippen LogP contribution in [0.25, 0.3) is 0 Å². The van der Waals surface area contributed by atoms with Crippen LogP contribution in [0.1, 0.15) is 38.5 Å². The number of nitrogens with one attached hydrogen (secondary N) is 2. The molecule has 2 saturated heterocycles. The van der Waals surface area contributed by atoms with E-state index in [-0.39, 0.29) is 36.5 Å². The van der Waals surface area contributed by atoms with Crippen LogP contribution in [0.4, 0.5) is 11.4 Å². The van der Waals surface area contributed by atoms with Crippen molar-refractivity contribution in [2.45, 2.75) is 50.6 Å². The number of ether oxygens (including phenoxy) is 2. The Morgan fingerprint density at radius 1 is 0.632 bits per heavy atom. The summed E-state index contributed by atoms with van der Waals surface area (Å²) >= 11 is 0. The number of imide groups is 2. The van der Waals surface area contributed by atoms with Crippen molar-refractivity contribution in [1.29, 1.82) is 0 Å². The summed E-state index contributed by atoms with van der Waals surface area (Å²) < 4.78 is 10.3. The second kappa shape index (κ2) is 12.7. The van der Waals surface area contributed by atoms with Gasteiger partial charge < -0.3 is 20.1 Å². The highest BCUT2D eigenvalue weighted by Crippen LogP contribution is 2.26. The molecule has 0 spiro atoms. The first-order chi connectivity index (χ1) is 18.4. The average molecular weight is 523 g/mol. The van der Waals surface area contributed by atoms with E-state index in [2.05, 4.69) is 10.6 Å². The van der Waals surface area contributed by atoms with Crippen LogP contribution in [-0.4, -0.2) is 63.0 Å². The number of hydrogen-bond donors (Lipinski definition) is 2. The Balaban J connectivity index is 1.11. The van der Waals surface area contributed by atoms with E-state index in [1.54, 1.807) is 62.8 Å². The van der Waals surface area contributed by atoms with E-state index < -0.39 is 12.1 Å². The monoisotopic (exact) mass is 522 g/mol. The van der Waals surface area contributed by atoms with Gasteiger partial charge in [0, 0.05) is 0 Å². The molecule has 2 aliphatic heterocycles. The minimum Gasteiger partial charge on any atom is -0.497 e. The Labute approximate surface area is 222 Å². The van der Waals surface area contributed by atoms with Crippen LogP contribution in [0.15, 0.2) is 48.5 Å². The molecule has 2 aromatic rings. The van der Waals surface area contributed by atoms with E-state index in [1.165, 1.54) is 9.80 Å². The fraction of sp³-hybridized carbons (Fsp3) is 0.429. The minimum atomic E-state index is -0.508. The van der Waals surface area contributed by atoms with Crippen LogP contribution < -0.4 is 29.9 Å². The van der Waals surface area contributed by atoms with E-state index >= 15 is 0 Å². The van der Waals surface area contributed by atoms with Gasteiger partial charge in [0.1, 0.15) is 11.5 Å². The molecule has 2 fully saturated rings. The van der Waals surface area contributed by atoms with Gasteiger partial charge >= 0.3 is 0 Å². The molecular weight excluding hydrogens is 488 g/mol. The van der Waals surface area contributed by atoms with E-state index in [0.29, 0.717) is 36.0 Å². The predicted octanol–water partition coefficient (Wildman–Crippen LogP) is 2.41. The maximum atomic E-state index is 12.7. The molecule has 202 valence electrons. The molecule has 10 nitrogen and oxygen atoms in total. The number of carbonyl (C=O) groups excluding carboxylic acids is 4. The van der Waals surface area contributed by atoms with Gasteiger partial charge in [-0.25, -0.2) is 9.80 Å². The van der Waals surface area contributed by atoms with Crippen LogP contribution in [0.2, 0.25) is 0 Å². The lowest BCUT2D eigenvalue weighted by Crippen LogP contribution is -2.39. The number of benzene rings is 2. The molecule has 2 N–H and O–H groups in total. The molecule has 4 amide bonds. The second-order valence-electron chi connectivity index (χ2n) is 9.37. The lowest BCUT2D eigenvalue weighted by Gasteiger charge is -2.16. The van der Waals surface area contributed by atoms with Crippen molar-refractivity contribution in [3.8, 4) is 11.5 Å². The van der Waals surface area contributed by atoms with Gasteiger partial charge in [-0.3, -0.25) is 19.2 Å². The standard InChI is InChI=1S/C28H34N4O6/c1-37-21-11-7-19(8-12-21)31-25(33)17-23(27(31)35)29-15-5-3-4-6-16-30-24-18-26(34)32(28(24)36)20-9-13-22(38-2)14-10-20/h7-14,23-24,29-30H,3-6,15-18H2,1-2H3. The first kappa shape index (κ1) is 27.3. The third kappa shape index (κ3) is 6.20. The molecule has 2 aliphatic rings. The summed E-state index contributed by atoms with van der Waals surface area (Å²) in [7, 11) is 3.13. The molecule has 0 saturated carbocycles.